The second kappa shape index (κ2) is 11.3. The number of likely N-dealkylation sites (tertiary alicyclic amines) is 1. The predicted molar refractivity (Wildman–Crippen MR) is 103 cm³/mol. The summed E-state index contributed by atoms with van der Waals surface area (Å²) in [5.74, 6) is -3.11. The molecule has 148 valence electrons. The highest BCUT2D eigenvalue weighted by molar-refractivity contribution is 6.27. The number of nitrogens with zero attached hydrogens (tertiary/aromatic N) is 2. The molecule has 6 nitrogen and oxygen atoms in total. The molecule has 1 unspecified atom stereocenters. The molecule has 6 heteroatoms. The molecule has 1 fully saturated rings. The molecule has 27 heavy (non-hydrogen) atoms. The number of piperidine rings is 1. The van der Waals surface area contributed by atoms with Crippen LogP contribution in [0.3, 0.4) is 0 Å². The second-order valence-electron chi connectivity index (χ2n) is 7.42. The Kier molecular flexibility index (Phi) is 9.52. The number of aliphatic carboxylic acids is 2. The van der Waals surface area contributed by atoms with E-state index in [2.05, 4.69) is 49.1 Å². The molecular weight excluding hydrogens is 344 g/mol. The van der Waals surface area contributed by atoms with Crippen molar-refractivity contribution in [2.75, 3.05) is 19.6 Å². The molecule has 1 atom stereocenters. The average molecular weight is 374 g/mol. The van der Waals surface area contributed by atoms with Crippen LogP contribution in [-0.2, 0) is 15.0 Å². The number of rotatable bonds is 6. The number of hydrogen-bond donors (Lipinski definition) is 2. The van der Waals surface area contributed by atoms with Crippen LogP contribution in [0.1, 0.15) is 51.5 Å². The first kappa shape index (κ1) is 22.7. The van der Waals surface area contributed by atoms with Crippen LogP contribution in [0.5, 0.6) is 0 Å². The Morgan fingerprint density at radius 2 is 1.67 bits per heavy atom. The number of hydrogen-bond acceptors (Lipinski definition) is 4. The van der Waals surface area contributed by atoms with Crippen molar-refractivity contribution in [3.63, 3.8) is 0 Å². The summed E-state index contributed by atoms with van der Waals surface area (Å²) in [6.07, 6.45) is 5.89. The van der Waals surface area contributed by atoms with Gasteiger partial charge in [0.2, 0.25) is 0 Å². The maximum Gasteiger partial charge on any atom is 0.414 e. The molecule has 0 saturated carbocycles. The van der Waals surface area contributed by atoms with Gasteiger partial charge >= 0.3 is 11.9 Å². The molecule has 2 N–H and O–H groups in total. The van der Waals surface area contributed by atoms with Crippen molar-refractivity contribution in [3.8, 4) is 6.07 Å². The summed E-state index contributed by atoms with van der Waals surface area (Å²) in [4.78, 5) is 20.7. The summed E-state index contributed by atoms with van der Waals surface area (Å²) in [5, 5.41) is 24.7. The van der Waals surface area contributed by atoms with Gasteiger partial charge in [-0.25, -0.2) is 9.59 Å². The first-order chi connectivity index (χ1) is 12.8. The van der Waals surface area contributed by atoms with Crippen molar-refractivity contribution < 1.29 is 19.8 Å². The first-order valence-corrected chi connectivity index (χ1v) is 9.46. The van der Waals surface area contributed by atoms with Crippen molar-refractivity contribution in [1.29, 1.82) is 5.26 Å². The summed E-state index contributed by atoms with van der Waals surface area (Å²) >= 11 is 0. The topological polar surface area (TPSA) is 102 Å². The Hall–Kier alpha value is -2.39. The predicted octanol–water partition coefficient (Wildman–Crippen LogP) is 3.53. The maximum absolute atomic E-state index is 9.94. The molecular formula is C21H30N2O4. The number of carboxylic acid groups (broad SMARTS) is 2. The molecule has 0 spiro atoms. The fourth-order valence-corrected chi connectivity index (χ4v) is 3.52. The molecule has 1 heterocycles. The van der Waals surface area contributed by atoms with Crippen LogP contribution in [0.2, 0.25) is 0 Å². The van der Waals surface area contributed by atoms with Gasteiger partial charge in [-0.1, -0.05) is 50.6 Å². The Balaban J connectivity index is 0.000000527. The van der Waals surface area contributed by atoms with Crippen LogP contribution in [0.15, 0.2) is 30.3 Å². The minimum absolute atomic E-state index is 0.327. The third kappa shape index (κ3) is 7.79. The van der Waals surface area contributed by atoms with E-state index in [9.17, 15) is 5.26 Å². The summed E-state index contributed by atoms with van der Waals surface area (Å²) in [5.41, 5.74) is 0.866. The van der Waals surface area contributed by atoms with Gasteiger partial charge < -0.3 is 15.1 Å². The lowest BCUT2D eigenvalue weighted by Gasteiger charge is -2.33. The fourth-order valence-electron chi connectivity index (χ4n) is 3.52. The molecule has 1 aromatic carbocycles. The van der Waals surface area contributed by atoms with Gasteiger partial charge in [0.1, 0.15) is 0 Å². The lowest BCUT2D eigenvalue weighted by Crippen LogP contribution is -2.36. The zero-order valence-electron chi connectivity index (χ0n) is 16.2. The van der Waals surface area contributed by atoms with Crippen molar-refractivity contribution in [1.82, 2.24) is 4.90 Å². The quantitative estimate of drug-likeness (QED) is 0.739. The first-order valence-electron chi connectivity index (χ1n) is 9.46. The molecule has 1 aliphatic heterocycles. The zero-order chi connectivity index (χ0) is 20.3. The van der Waals surface area contributed by atoms with E-state index in [-0.39, 0.29) is 5.41 Å². The van der Waals surface area contributed by atoms with Crippen LogP contribution in [-0.4, -0.2) is 46.7 Å². The van der Waals surface area contributed by atoms with Crippen molar-refractivity contribution in [2.24, 2.45) is 5.92 Å². The summed E-state index contributed by atoms with van der Waals surface area (Å²) < 4.78 is 0. The van der Waals surface area contributed by atoms with E-state index >= 15 is 0 Å². The Bertz CT molecular complexity index is 621. The normalized spacial score (nSPS) is 16.5. The number of carboxylic acids is 2. The van der Waals surface area contributed by atoms with E-state index in [4.69, 9.17) is 19.8 Å². The number of carbonyl (C=O) groups is 2. The van der Waals surface area contributed by atoms with Crippen LogP contribution in [0.25, 0.3) is 0 Å². The van der Waals surface area contributed by atoms with E-state index in [0.717, 1.165) is 19.4 Å². The average Bonchev–Trinajstić information content (AvgIpc) is 2.67. The molecule has 2 rings (SSSR count). The van der Waals surface area contributed by atoms with Crippen LogP contribution in [0, 0.1) is 17.2 Å². The van der Waals surface area contributed by atoms with E-state index in [1.807, 2.05) is 6.07 Å². The summed E-state index contributed by atoms with van der Waals surface area (Å²) in [7, 11) is 0. The fraction of sp³-hybridized carbons (Fsp3) is 0.571. The van der Waals surface area contributed by atoms with Gasteiger partial charge in [0, 0.05) is 0 Å². The van der Waals surface area contributed by atoms with E-state index in [0.29, 0.717) is 5.92 Å². The van der Waals surface area contributed by atoms with E-state index in [1.165, 1.54) is 37.9 Å². The number of benzene rings is 1. The van der Waals surface area contributed by atoms with Gasteiger partial charge in [0.15, 0.2) is 0 Å². The maximum atomic E-state index is 9.94. The van der Waals surface area contributed by atoms with Gasteiger partial charge in [0.05, 0.1) is 11.5 Å². The van der Waals surface area contributed by atoms with Gasteiger partial charge in [0.25, 0.3) is 0 Å². The van der Waals surface area contributed by atoms with Gasteiger partial charge in [-0.05, 0) is 56.8 Å². The highest BCUT2D eigenvalue weighted by atomic mass is 16.4. The second-order valence-corrected chi connectivity index (χ2v) is 7.42. The lowest BCUT2D eigenvalue weighted by molar-refractivity contribution is -0.159. The monoisotopic (exact) mass is 374 g/mol. The molecule has 0 aliphatic carbocycles. The minimum atomic E-state index is -1.82. The molecule has 0 amide bonds. The van der Waals surface area contributed by atoms with Gasteiger partial charge in [-0.2, -0.15) is 5.26 Å². The zero-order valence-corrected chi connectivity index (χ0v) is 16.2. The molecule has 1 saturated heterocycles. The standard InChI is InChI=1S/C19H28N2.C2H2O4/c1-17(2)15-19(16-20,18-9-5-3-6-10-18)11-14-21-12-7-4-8-13-21;3-1(4)2(5)6/h3,5-6,9-10,17H,4,7-8,11-15H2,1-2H3;(H,3,4)(H,5,6). The van der Waals surface area contributed by atoms with Crippen molar-refractivity contribution in [3.05, 3.63) is 35.9 Å². The van der Waals surface area contributed by atoms with Gasteiger partial charge in [-0.3, -0.25) is 0 Å². The van der Waals surface area contributed by atoms with Crippen LogP contribution in [0.4, 0.5) is 0 Å². The highest BCUT2D eigenvalue weighted by Crippen LogP contribution is 2.34. The molecule has 0 radical (unpaired) electrons. The highest BCUT2D eigenvalue weighted by Gasteiger charge is 2.33. The lowest BCUT2D eigenvalue weighted by atomic mass is 9.73. The Morgan fingerprint density at radius 3 is 2.11 bits per heavy atom. The largest absolute Gasteiger partial charge is 0.473 e. The molecule has 0 aromatic heterocycles. The Morgan fingerprint density at radius 1 is 1.11 bits per heavy atom. The molecule has 1 aromatic rings. The number of nitriles is 1. The minimum Gasteiger partial charge on any atom is -0.473 e. The van der Waals surface area contributed by atoms with Crippen LogP contribution < -0.4 is 0 Å². The molecule has 1 aliphatic rings. The Labute approximate surface area is 161 Å². The van der Waals surface area contributed by atoms with E-state index in [1.54, 1.807) is 0 Å². The van der Waals surface area contributed by atoms with Crippen LogP contribution >= 0.6 is 0 Å². The summed E-state index contributed by atoms with van der Waals surface area (Å²) in [6.45, 7) is 7.90. The summed E-state index contributed by atoms with van der Waals surface area (Å²) in [6, 6.07) is 13.1. The third-order valence-electron chi connectivity index (χ3n) is 4.78. The van der Waals surface area contributed by atoms with E-state index < -0.39 is 11.9 Å². The SMILES string of the molecule is CC(C)CC(C#N)(CCN1CCCCC1)c1ccccc1.O=C(O)C(=O)O. The van der Waals surface area contributed by atoms with Crippen molar-refractivity contribution in [2.45, 2.75) is 51.4 Å². The third-order valence-corrected chi connectivity index (χ3v) is 4.78. The molecule has 0 bridgehead atoms. The van der Waals surface area contributed by atoms with Gasteiger partial charge in [-0.15, -0.1) is 0 Å². The smallest absolute Gasteiger partial charge is 0.414 e. The van der Waals surface area contributed by atoms with Crippen molar-refractivity contribution >= 4 is 11.9 Å².